The minimum Gasteiger partial charge on any atom is -0.422 e. The zero-order chi connectivity index (χ0) is 14.2. The van der Waals surface area contributed by atoms with Crippen molar-refractivity contribution in [3.63, 3.8) is 0 Å². The van der Waals surface area contributed by atoms with Crippen LogP contribution in [0.3, 0.4) is 0 Å². The summed E-state index contributed by atoms with van der Waals surface area (Å²) in [5.41, 5.74) is 1.26. The molecule has 1 saturated carbocycles. The number of hydrogen-bond acceptors (Lipinski definition) is 5. The van der Waals surface area contributed by atoms with Gasteiger partial charge in [-0.05, 0) is 43.7 Å². The highest BCUT2D eigenvalue weighted by atomic mass is 16.4. The van der Waals surface area contributed by atoms with Gasteiger partial charge in [0.05, 0.1) is 0 Å². The lowest BCUT2D eigenvalue weighted by atomic mass is 10.2. The van der Waals surface area contributed by atoms with E-state index in [-0.39, 0.29) is 11.9 Å². The summed E-state index contributed by atoms with van der Waals surface area (Å²) in [5, 5.41) is 3.05. The molecule has 2 aliphatic rings. The number of aromatic nitrogens is 2. The molecule has 1 aliphatic heterocycles. The van der Waals surface area contributed by atoms with E-state index in [0.29, 0.717) is 23.2 Å². The van der Waals surface area contributed by atoms with Gasteiger partial charge in [-0.1, -0.05) is 0 Å². The van der Waals surface area contributed by atoms with Crippen LogP contribution in [0, 0.1) is 5.92 Å². The van der Waals surface area contributed by atoms with Crippen LogP contribution >= 0.6 is 0 Å². The molecule has 2 aromatic heterocycles. The first-order valence-electron chi connectivity index (χ1n) is 7.57. The number of rotatable bonds is 4. The number of nitrogens with zero attached hydrogens (tertiary/aromatic N) is 3. The summed E-state index contributed by atoms with van der Waals surface area (Å²) in [6.07, 6.45) is 6.01. The van der Waals surface area contributed by atoms with Gasteiger partial charge in [-0.25, -0.2) is 4.98 Å². The lowest BCUT2D eigenvalue weighted by Crippen LogP contribution is -2.44. The van der Waals surface area contributed by atoms with Crippen LogP contribution in [0.2, 0.25) is 0 Å². The van der Waals surface area contributed by atoms with E-state index in [1.807, 2.05) is 17.0 Å². The summed E-state index contributed by atoms with van der Waals surface area (Å²) in [4.78, 5) is 22.9. The number of anilines is 1. The van der Waals surface area contributed by atoms with Crippen molar-refractivity contribution in [2.45, 2.75) is 31.7 Å². The van der Waals surface area contributed by atoms with Gasteiger partial charge >= 0.3 is 6.01 Å². The van der Waals surface area contributed by atoms with Gasteiger partial charge in [0, 0.05) is 19.3 Å². The molecule has 6 nitrogen and oxygen atoms in total. The summed E-state index contributed by atoms with van der Waals surface area (Å²) in [6, 6.07) is 4.00. The highest BCUT2D eigenvalue weighted by Crippen LogP contribution is 2.29. The molecule has 1 saturated heterocycles. The van der Waals surface area contributed by atoms with Gasteiger partial charge in [-0.3, -0.25) is 4.79 Å². The van der Waals surface area contributed by atoms with Gasteiger partial charge in [0.15, 0.2) is 5.58 Å². The molecule has 0 spiro atoms. The molecule has 110 valence electrons. The molecule has 0 radical (unpaired) electrons. The average molecular weight is 286 g/mol. The first kappa shape index (κ1) is 12.6. The molecule has 21 heavy (non-hydrogen) atoms. The average Bonchev–Trinajstić information content (AvgIpc) is 3.03. The zero-order valence-electron chi connectivity index (χ0n) is 11.8. The number of amides is 1. The molecule has 4 rings (SSSR count). The first-order valence-corrected chi connectivity index (χ1v) is 7.57. The number of pyridine rings is 1. The zero-order valence-corrected chi connectivity index (χ0v) is 11.8. The van der Waals surface area contributed by atoms with E-state index in [9.17, 15) is 4.79 Å². The predicted molar refractivity (Wildman–Crippen MR) is 77.9 cm³/mol. The van der Waals surface area contributed by atoms with Crippen LogP contribution in [0.25, 0.3) is 11.2 Å². The molecular formula is C15H18N4O2. The van der Waals surface area contributed by atoms with E-state index in [1.165, 1.54) is 12.8 Å². The van der Waals surface area contributed by atoms with Crippen molar-refractivity contribution >= 4 is 23.2 Å². The topological polar surface area (TPSA) is 71.3 Å². The van der Waals surface area contributed by atoms with Gasteiger partial charge in [0.2, 0.25) is 11.6 Å². The Labute approximate surface area is 122 Å². The van der Waals surface area contributed by atoms with Gasteiger partial charge < -0.3 is 14.6 Å². The maximum atomic E-state index is 12.3. The Morgan fingerprint density at radius 3 is 3.14 bits per heavy atom. The number of fused-ring (bicyclic) bond motifs is 1. The fraction of sp³-hybridized carbons (Fsp3) is 0.533. The summed E-state index contributed by atoms with van der Waals surface area (Å²) < 4.78 is 5.74. The molecular weight excluding hydrogens is 268 g/mol. The van der Waals surface area contributed by atoms with E-state index in [2.05, 4.69) is 15.3 Å². The van der Waals surface area contributed by atoms with Crippen LogP contribution in [0.4, 0.5) is 6.01 Å². The van der Waals surface area contributed by atoms with Crippen LogP contribution in [0.5, 0.6) is 0 Å². The lowest BCUT2D eigenvalue weighted by molar-refractivity contribution is -0.122. The summed E-state index contributed by atoms with van der Waals surface area (Å²) in [5.74, 6) is 0.784. The van der Waals surface area contributed by atoms with Crippen LogP contribution in [-0.2, 0) is 4.79 Å². The van der Waals surface area contributed by atoms with Crippen molar-refractivity contribution in [1.82, 2.24) is 15.3 Å². The van der Waals surface area contributed by atoms with Crippen LogP contribution < -0.4 is 10.2 Å². The minimum atomic E-state index is -0.170. The number of carbonyl (C=O) groups excluding carboxylic acids is 1. The van der Waals surface area contributed by atoms with Crippen molar-refractivity contribution < 1.29 is 9.21 Å². The molecule has 0 bridgehead atoms. The smallest absolute Gasteiger partial charge is 0.300 e. The molecule has 2 fully saturated rings. The molecule has 1 unspecified atom stereocenters. The standard InChI is InChI=1S/C15H18N4O2/c20-14(17-9-10-5-6-10)11-3-2-8-19(11)15-18-13-12(21-15)4-1-7-16-13/h1,4,7,10-11H,2-3,5-6,8-9H2,(H,17,20). The third kappa shape index (κ3) is 2.46. The number of nitrogens with one attached hydrogen (secondary N) is 1. The lowest BCUT2D eigenvalue weighted by Gasteiger charge is -2.21. The molecule has 6 heteroatoms. The third-order valence-electron chi connectivity index (χ3n) is 4.22. The molecule has 3 heterocycles. The normalized spacial score (nSPS) is 21.9. The quantitative estimate of drug-likeness (QED) is 0.926. The van der Waals surface area contributed by atoms with Crippen LogP contribution in [0.1, 0.15) is 25.7 Å². The second kappa shape index (κ2) is 5.02. The monoisotopic (exact) mass is 286 g/mol. The summed E-state index contributed by atoms with van der Waals surface area (Å²) >= 11 is 0. The number of oxazole rings is 1. The number of carbonyl (C=O) groups is 1. The molecule has 1 amide bonds. The Kier molecular flexibility index (Phi) is 3.02. The van der Waals surface area contributed by atoms with Crippen molar-refractivity contribution in [3.05, 3.63) is 18.3 Å². The fourth-order valence-electron chi connectivity index (χ4n) is 2.83. The molecule has 1 N–H and O–H groups in total. The van der Waals surface area contributed by atoms with Gasteiger partial charge in [0.25, 0.3) is 0 Å². The summed E-state index contributed by atoms with van der Waals surface area (Å²) in [7, 11) is 0. The van der Waals surface area contributed by atoms with E-state index in [0.717, 1.165) is 25.9 Å². The Balaban J connectivity index is 1.53. The molecule has 2 aromatic rings. The molecule has 0 aromatic carbocycles. The van der Waals surface area contributed by atoms with E-state index >= 15 is 0 Å². The van der Waals surface area contributed by atoms with Crippen molar-refractivity contribution in [2.24, 2.45) is 5.92 Å². The highest BCUT2D eigenvalue weighted by molar-refractivity contribution is 5.85. The fourth-order valence-corrected chi connectivity index (χ4v) is 2.83. The van der Waals surface area contributed by atoms with Crippen molar-refractivity contribution in [1.29, 1.82) is 0 Å². The van der Waals surface area contributed by atoms with Gasteiger partial charge in [0.1, 0.15) is 6.04 Å². The van der Waals surface area contributed by atoms with Crippen molar-refractivity contribution in [3.8, 4) is 0 Å². The minimum absolute atomic E-state index is 0.0922. The first-order chi connectivity index (χ1) is 10.3. The Hall–Kier alpha value is -2.11. The SMILES string of the molecule is O=C(NCC1CC1)C1CCCN1c1nc2ncccc2o1. The van der Waals surface area contributed by atoms with E-state index < -0.39 is 0 Å². The van der Waals surface area contributed by atoms with Crippen molar-refractivity contribution in [2.75, 3.05) is 18.0 Å². The maximum Gasteiger partial charge on any atom is 0.300 e. The Morgan fingerprint density at radius 1 is 1.43 bits per heavy atom. The van der Waals surface area contributed by atoms with Gasteiger partial charge in [-0.2, -0.15) is 4.98 Å². The predicted octanol–water partition coefficient (Wildman–Crippen LogP) is 1.72. The Morgan fingerprint density at radius 2 is 2.33 bits per heavy atom. The van der Waals surface area contributed by atoms with Gasteiger partial charge in [-0.15, -0.1) is 0 Å². The van der Waals surface area contributed by atoms with E-state index in [4.69, 9.17) is 4.42 Å². The second-order valence-electron chi connectivity index (χ2n) is 5.86. The van der Waals surface area contributed by atoms with E-state index in [1.54, 1.807) is 6.20 Å². The molecule has 1 aliphatic carbocycles. The third-order valence-corrected chi connectivity index (χ3v) is 4.22. The Bertz CT molecular complexity index is 631. The van der Waals surface area contributed by atoms with Crippen LogP contribution in [0.15, 0.2) is 22.7 Å². The molecule has 1 atom stereocenters. The number of hydrogen-bond donors (Lipinski definition) is 1. The van der Waals surface area contributed by atoms with Crippen LogP contribution in [-0.4, -0.2) is 35.0 Å². The second-order valence-corrected chi connectivity index (χ2v) is 5.86. The summed E-state index contributed by atoms with van der Waals surface area (Å²) in [6.45, 7) is 1.60. The highest BCUT2D eigenvalue weighted by Gasteiger charge is 2.34. The largest absolute Gasteiger partial charge is 0.422 e. The maximum absolute atomic E-state index is 12.3.